The molecule has 0 spiro atoms. The first kappa shape index (κ1) is 16.1. The van der Waals surface area contributed by atoms with Gasteiger partial charge in [0.1, 0.15) is 6.26 Å². The van der Waals surface area contributed by atoms with Crippen LogP contribution in [0.3, 0.4) is 0 Å². The molecule has 1 N–H and O–H groups in total. The number of benzene rings is 1. The van der Waals surface area contributed by atoms with Crippen LogP contribution in [-0.4, -0.2) is 51.3 Å². The molecule has 3 aromatic rings. The number of nitrogens with one attached hydrogen (secondary N) is 1. The molecule has 25 heavy (non-hydrogen) atoms. The quantitative estimate of drug-likeness (QED) is 0.776. The van der Waals surface area contributed by atoms with Crippen LogP contribution < -0.4 is 0 Å². The first-order valence-corrected chi connectivity index (χ1v) is 8.71. The van der Waals surface area contributed by atoms with Gasteiger partial charge in [-0.2, -0.15) is 5.10 Å². The molecule has 0 bridgehead atoms. The molecule has 6 nitrogen and oxygen atoms in total. The topological polar surface area (TPSA) is 61.2 Å². The van der Waals surface area contributed by atoms with Crippen LogP contribution in [0.1, 0.15) is 16.8 Å². The summed E-state index contributed by atoms with van der Waals surface area (Å²) in [6.45, 7) is 8.11. The maximum absolute atomic E-state index is 4.91. The van der Waals surface area contributed by atoms with E-state index in [2.05, 4.69) is 56.3 Å². The molecule has 0 atom stereocenters. The number of nitrogens with zero attached hydrogens (tertiary/aromatic N) is 4. The monoisotopic (exact) mass is 337 g/mol. The van der Waals surface area contributed by atoms with Gasteiger partial charge in [-0.25, -0.2) is 0 Å². The van der Waals surface area contributed by atoms with Gasteiger partial charge in [0, 0.05) is 56.5 Å². The highest BCUT2D eigenvalue weighted by Crippen LogP contribution is 2.23. The summed E-state index contributed by atoms with van der Waals surface area (Å²) in [7, 11) is 0. The van der Waals surface area contributed by atoms with E-state index < -0.39 is 0 Å². The van der Waals surface area contributed by atoms with Crippen LogP contribution in [0.15, 0.2) is 47.3 Å². The van der Waals surface area contributed by atoms with Crippen molar-refractivity contribution in [3.8, 4) is 11.3 Å². The van der Waals surface area contributed by atoms with Gasteiger partial charge in [0.15, 0.2) is 0 Å². The van der Waals surface area contributed by atoms with Crippen molar-refractivity contribution in [2.75, 3.05) is 26.2 Å². The Morgan fingerprint density at radius 2 is 1.88 bits per heavy atom. The molecule has 1 aliphatic rings. The van der Waals surface area contributed by atoms with Gasteiger partial charge in [-0.1, -0.05) is 28.9 Å². The van der Waals surface area contributed by atoms with Gasteiger partial charge in [-0.05, 0) is 13.0 Å². The van der Waals surface area contributed by atoms with Gasteiger partial charge in [-0.15, -0.1) is 0 Å². The number of piperazine rings is 1. The van der Waals surface area contributed by atoms with E-state index in [4.69, 9.17) is 4.52 Å². The number of aromatic nitrogens is 3. The molecule has 0 unspecified atom stereocenters. The standard InChI is InChI=1S/C19H23N5O/c1-15-3-2-4-16(11-15)19-17(12-20-21-19)13-23-6-8-24(9-7-23)14-18-5-10-25-22-18/h2-5,10-12H,6-9,13-14H2,1H3,(H,20,21). The Balaban J connectivity index is 1.37. The molecule has 6 heteroatoms. The zero-order valence-electron chi connectivity index (χ0n) is 14.5. The molecular weight excluding hydrogens is 314 g/mol. The lowest BCUT2D eigenvalue weighted by atomic mass is 10.1. The predicted octanol–water partition coefficient (Wildman–Crippen LogP) is 2.69. The zero-order valence-corrected chi connectivity index (χ0v) is 14.5. The van der Waals surface area contributed by atoms with E-state index in [1.165, 1.54) is 16.7 Å². The molecule has 2 aromatic heterocycles. The van der Waals surface area contributed by atoms with Crippen LogP contribution in [0.25, 0.3) is 11.3 Å². The van der Waals surface area contributed by atoms with Crippen molar-refractivity contribution >= 4 is 0 Å². The normalized spacial score (nSPS) is 16.4. The van der Waals surface area contributed by atoms with Gasteiger partial charge in [-0.3, -0.25) is 14.9 Å². The van der Waals surface area contributed by atoms with Crippen molar-refractivity contribution in [1.82, 2.24) is 25.2 Å². The Morgan fingerprint density at radius 1 is 1.08 bits per heavy atom. The number of H-pyrrole nitrogens is 1. The largest absolute Gasteiger partial charge is 0.364 e. The van der Waals surface area contributed by atoms with E-state index in [1.54, 1.807) is 6.26 Å². The third kappa shape index (κ3) is 3.81. The number of hydrogen-bond donors (Lipinski definition) is 1. The maximum atomic E-state index is 4.91. The van der Waals surface area contributed by atoms with Gasteiger partial charge < -0.3 is 4.52 Å². The van der Waals surface area contributed by atoms with Crippen LogP contribution in [0.4, 0.5) is 0 Å². The number of hydrogen-bond acceptors (Lipinski definition) is 5. The maximum Gasteiger partial charge on any atom is 0.124 e. The summed E-state index contributed by atoms with van der Waals surface area (Å²) in [6.07, 6.45) is 3.59. The third-order valence-electron chi connectivity index (χ3n) is 4.76. The minimum Gasteiger partial charge on any atom is -0.364 e. The van der Waals surface area contributed by atoms with Crippen LogP contribution in [0.2, 0.25) is 0 Å². The first-order valence-electron chi connectivity index (χ1n) is 8.71. The third-order valence-corrected chi connectivity index (χ3v) is 4.76. The van der Waals surface area contributed by atoms with Crippen LogP contribution >= 0.6 is 0 Å². The van der Waals surface area contributed by atoms with Crippen LogP contribution in [0, 0.1) is 6.92 Å². The van der Waals surface area contributed by atoms with E-state index in [-0.39, 0.29) is 0 Å². The molecule has 1 aromatic carbocycles. The Morgan fingerprint density at radius 3 is 2.60 bits per heavy atom. The Labute approximate surface area is 147 Å². The minimum absolute atomic E-state index is 0.866. The summed E-state index contributed by atoms with van der Waals surface area (Å²) in [5.41, 5.74) is 5.87. The van der Waals surface area contributed by atoms with Gasteiger partial charge in [0.05, 0.1) is 17.6 Å². The molecule has 1 saturated heterocycles. The second kappa shape index (κ2) is 7.21. The van der Waals surface area contributed by atoms with Gasteiger partial charge >= 0.3 is 0 Å². The molecule has 130 valence electrons. The zero-order chi connectivity index (χ0) is 17.1. The number of rotatable bonds is 5. The summed E-state index contributed by atoms with van der Waals surface area (Å²) in [5.74, 6) is 0. The molecule has 0 amide bonds. The molecule has 4 rings (SSSR count). The Bertz CT molecular complexity index is 803. The summed E-state index contributed by atoms with van der Waals surface area (Å²) in [5, 5.41) is 11.4. The van der Waals surface area contributed by atoms with Crippen molar-refractivity contribution in [2.45, 2.75) is 20.0 Å². The molecule has 1 fully saturated rings. The van der Waals surface area contributed by atoms with Crippen LogP contribution in [0.5, 0.6) is 0 Å². The van der Waals surface area contributed by atoms with Crippen LogP contribution in [-0.2, 0) is 13.1 Å². The summed E-state index contributed by atoms with van der Waals surface area (Å²) >= 11 is 0. The average molecular weight is 337 g/mol. The highest BCUT2D eigenvalue weighted by Gasteiger charge is 2.19. The molecule has 3 heterocycles. The number of aromatic amines is 1. The molecular formula is C19H23N5O. The van der Waals surface area contributed by atoms with E-state index in [1.807, 2.05) is 12.3 Å². The Kier molecular flexibility index (Phi) is 4.63. The van der Waals surface area contributed by atoms with Crippen molar-refractivity contribution in [3.63, 3.8) is 0 Å². The smallest absolute Gasteiger partial charge is 0.124 e. The highest BCUT2D eigenvalue weighted by atomic mass is 16.5. The second-order valence-electron chi connectivity index (χ2n) is 6.68. The lowest BCUT2D eigenvalue weighted by Crippen LogP contribution is -2.45. The van der Waals surface area contributed by atoms with E-state index in [0.717, 1.165) is 50.7 Å². The molecule has 0 aliphatic carbocycles. The average Bonchev–Trinajstić information content (AvgIpc) is 3.28. The second-order valence-corrected chi connectivity index (χ2v) is 6.68. The molecule has 0 radical (unpaired) electrons. The molecule has 0 saturated carbocycles. The fraction of sp³-hybridized carbons (Fsp3) is 0.368. The summed E-state index contributed by atoms with van der Waals surface area (Å²) < 4.78 is 4.91. The minimum atomic E-state index is 0.866. The van der Waals surface area contributed by atoms with Crippen molar-refractivity contribution in [3.05, 3.63) is 59.6 Å². The van der Waals surface area contributed by atoms with Gasteiger partial charge in [0.25, 0.3) is 0 Å². The lowest BCUT2D eigenvalue weighted by molar-refractivity contribution is 0.120. The van der Waals surface area contributed by atoms with E-state index >= 15 is 0 Å². The van der Waals surface area contributed by atoms with Gasteiger partial charge in [0.2, 0.25) is 0 Å². The summed E-state index contributed by atoms with van der Waals surface area (Å²) in [4.78, 5) is 4.91. The molecule has 1 aliphatic heterocycles. The fourth-order valence-electron chi connectivity index (χ4n) is 3.38. The summed E-state index contributed by atoms with van der Waals surface area (Å²) in [6, 6.07) is 10.5. The van der Waals surface area contributed by atoms with Crippen molar-refractivity contribution in [1.29, 1.82) is 0 Å². The number of aryl methyl sites for hydroxylation is 1. The lowest BCUT2D eigenvalue weighted by Gasteiger charge is -2.34. The fourth-order valence-corrected chi connectivity index (χ4v) is 3.38. The van der Waals surface area contributed by atoms with Crippen molar-refractivity contribution < 1.29 is 4.52 Å². The Hall–Kier alpha value is -2.44. The predicted molar refractivity (Wildman–Crippen MR) is 95.8 cm³/mol. The van der Waals surface area contributed by atoms with E-state index in [0.29, 0.717) is 0 Å². The SMILES string of the molecule is Cc1cccc(-c2[nH]ncc2CN2CCN(Cc3ccon3)CC2)c1. The highest BCUT2D eigenvalue weighted by molar-refractivity contribution is 5.63. The van der Waals surface area contributed by atoms with Crippen molar-refractivity contribution in [2.24, 2.45) is 0 Å². The van der Waals surface area contributed by atoms with E-state index in [9.17, 15) is 0 Å². The first-order chi connectivity index (χ1) is 12.3.